The largest absolute Gasteiger partial charge is 0.484 e. The van der Waals surface area contributed by atoms with Gasteiger partial charge in [0.15, 0.2) is 6.61 Å². The van der Waals surface area contributed by atoms with Gasteiger partial charge in [-0.2, -0.15) is 13.2 Å². The van der Waals surface area contributed by atoms with Gasteiger partial charge in [0.25, 0.3) is 5.91 Å². The molecule has 0 saturated carbocycles. The highest BCUT2D eigenvalue weighted by molar-refractivity contribution is 5.94. The first-order valence-corrected chi connectivity index (χ1v) is 7.16. The molecule has 1 heterocycles. The van der Waals surface area contributed by atoms with E-state index in [2.05, 4.69) is 10.1 Å². The highest BCUT2D eigenvalue weighted by Gasteiger charge is 2.28. The molecule has 2 rings (SSSR count). The van der Waals surface area contributed by atoms with E-state index in [1.807, 2.05) is 0 Å². The van der Waals surface area contributed by atoms with Crippen molar-refractivity contribution >= 4 is 5.91 Å². The summed E-state index contributed by atoms with van der Waals surface area (Å²) in [5.74, 6) is 0.277. The summed E-state index contributed by atoms with van der Waals surface area (Å²) in [7, 11) is 0. The van der Waals surface area contributed by atoms with Crippen LogP contribution in [0.4, 0.5) is 13.2 Å². The maximum Gasteiger partial charge on any atom is 0.422 e. The number of furan rings is 1. The second kappa shape index (κ2) is 7.39. The van der Waals surface area contributed by atoms with E-state index in [-0.39, 0.29) is 24.2 Å². The molecule has 130 valence electrons. The lowest BCUT2D eigenvalue weighted by molar-refractivity contribution is -0.153. The Morgan fingerprint density at radius 1 is 1.33 bits per heavy atom. The van der Waals surface area contributed by atoms with Gasteiger partial charge in [-0.05, 0) is 30.7 Å². The van der Waals surface area contributed by atoms with Crippen LogP contribution in [0.15, 0.2) is 41.0 Å². The molecule has 1 atom stereocenters. The average molecular weight is 342 g/mol. The highest BCUT2D eigenvalue weighted by Crippen LogP contribution is 2.21. The number of carbonyl (C=O) groups excluding carboxylic acids is 1. The summed E-state index contributed by atoms with van der Waals surface area (Å²) in [6.45, 7) is 0.609. The van der Waals surface area contributed by atoms with Gasteiger partial charge in [-0.3, -0.25) is 4.79 Å². The first-order valence-electron chi connectivity index (χ1n) is 7.16. The lowest BCUT2D eigenvalue weighted by atomic mass is 10.1. The minimum absolute atomic E-state index is 0.108. The molecule has 1 aromatic carbocycles. The molecule has 0 spiro atoms. The van der Waals surface area contributed by atoms with Gasteiger partial charge in [-0.1, -0.05) is 12.1 Å². The molecule has 0 bridgehead atoms. The molecule has 0 aliphatic carbocycles. The van der Waals surface area contributed by atoms with Crippen molar-refractivity contribution in [3.05, 3.63) is 53.5 Å². The molecule has 24 heavy (non-hydrogen) atoms. The summed E-state index contributed by atoms with van der Waals surface area (Å²) >= 11 is 0. The molecule has 0 aliphatic heterocycles. The Bertz CT molecular complexity index is 681. The zero-order chi connectivity index (χ0) is 17.7. The van der Waals surface area contributed by atoms with E-state index in [0.29, 0.717) is 11.3 Å². The topological polar surface area (TPSA) is 77.5 Å². The third kappa shape index (κ3) is 5.02. The molecule has 3 N–H and O–H groups in total. The minimum Gasteiger partial charge on any atom is -0.484 e. The van der Waals surface area contributed by atoms with Crippen LogP contribution in [0.3, 0.4) is 0 Å². The molecule has 2 aromatic rings. The Kier molecular flexibility index (Phi) is 5.50. The summed E-state index contributed by atoms with van der Waals surface area (Å²) in [6.07, 6.45) is -3.06. The Labute approximate surface area is 136 Å². The number of hydrogen-bond donors (Lipinski definition) is 2. The first-order chi connectivity index (χ1) is 11.3. The molecule has 8 heteroatoms. The van der Waals surface area contributed by atoms with Crippen LogP contribution in [0.25, 0.3) is 0 Å². The van der Waals surface area contributed by atoms with Crippen LogP contribution in [0.1, 0.15) is 34.6 Å². The molecule has 0 radical (unpaired) electrons. The van der Waals surface area contributed by atoms with E-state index >= 15 is 0 Å². The van der Waals surface area contributed by atoms with E-state index in [1.54, 1.807) is 25.1 Å². The maximum atomic E-state index is 12.1. The van der Waals surface area contributed by atoms with Crippen molar-refractivity contribution in [1.82, 2.24) is 5.32 Å². The molecule has 0 aliphatic rings. The van der Waals surface area contributed by atoms with E-state index in [1.165, 1.54) is 18.4 Å². The molecule has 0 saturated heterocycles. The molecular formula is C16H17F3N2O3. The summed E-state index contributed by atoms with van der Waals surface area (Å²) in [5, 5.41) is 2.77. The van der Waals surface area contributed by atoms with E-state index in [0.717, 1.165) is 5.56 Å². The first kappa shape index (κ1) is 17.9. The van der Waals surface area contributed by atoms with Crippen LogP contribution >= 0.6 is 0 Å². The third-order valence-electron chi connectivity index (χ3n) is 3.25. The summed E-state index contributed by atoms with van der Waals surface area (Å²) in [6, 6.07) is 7.25. The predicted molar refractivity (Wildman–Crippen MR) is 80.5 cm³/mol. The second-order valence-corrected chi connectivity index (χ2v) is 5.17. The van der Waals surface area contributed by atoms with Crippen LogP contribution in [0.5, 0.6) is 5.75 Å². The molecule has 5 nitrogen and oxygen atoms in total. The summed E-state index contributed by atoms with van der Waals surface area (Å²) in [5.41, 5.74) is 6.49. The van der Waals surface area contributed by atoms with Gasteiger partial charge in [-0.25, -0.2) is 0 Å². The smallest absolute Gasteiger partial charge is 0.422 e. The number of hydrogen-bond acceptors (Lipinski definition) is 4. The number of nitrogens with two attached hydrogens (primary N) is 1. The van der Waals surface area contributed by atoms with Crippen molar-refractivity contribution in [2.24, 2.45) is 5.73 Å². The SMILES string of the molecule is CC(NC(=O)c1coc(CN)c1)c1ccc(OCC(F)(F)F)cc1. The molecule has 1 unspecified atom stereocenters. The van der Waals surface area contributed by atoms with Crippen molar-refractivity contribution in [1.29, 1.82) is 0 Å². The van der Waals surface area contributed by atoms with Crippen LogP contribution in [-0.2, 0) is 6.54 Å². The second-order valence-electron chi connectivity index (χ2n) is 5.17. The van der Waals surface area contributed by atoms with Gasteiger partial charge in [0.05, 0.1) is 18.2 Å². The Morgan fingerprint density at radius 2 is 2.00 bits per heavy atom. The van der Waals surface area contributed by atoms with Gasteiger partial charge in [0, 0.05) is 0 Å². The molecule has 1 aromatic heterocycles. The van der Waals surface area contributed by atoms with Gasteiger partial charge in [0.2, 0.25) is 0 Å². The number of nitrogens with one attached hydrogen (secondary N) is 1. The summed E-state index contributed by atoms with van der Waals surface area (Å²) in [4.78, 5) is 12.1. The molecule has 1 amide bonds. The van der Waals surface area contributed by atoms with Gasteiger partial charge < -0.3 is 20.2 Å². The average Bonchev–Trinajstić information content (AvgIpc) is 3.02. The van der Waals surface area contributed by atoms with Crippen LogP contribution in [-0.4, -0.2) is 18.7 Å². The normalized spacial score (nSPS) is 12.7. The van der Waals surface area contributed by atoms with Gasteiger partial charge in [0.1, 0.15) is 17.8 Å². The minimum atomic E-state index is -4.38. The highest BCUT2D eigenvalue weighted by atomic mass is 19.4. The zero-order valence-electron chi connectivity index (χ0n) is 12.9. The monoisotopic (exact) mass is 342 g/mol. The fourth-order valence-corrected chi connectivity index (χ4v) is 1.99. The fourth-order valence-electron chi connectivity index (χ4n) is 1.99. The van der Waals surface area contributed by atoms with Gasteiger partial charge >= 0.3 is 6.18 Å². The molecule has 0 fully saturated rings. The van der Waals surface area contributed by atoms with E-state index < -0.39 is 12.8 Å². The maximum absolute atomic E-state index is 12.1. The number of carbonyl (C=O) groups is 1. The van der Waals surface area contributed by atoms with Crippen molar-refractivity contribution in [2.45, 2.75) is 25.7 Å². The van der Waals surface area contributed by atoms with Crippen molar-refractivity contribution in [3.8, 4) is 5.75 Å². The zero-order valence-corrected chi connectivity index (χ0v) is 12.9. The number of alkyl halides is 3. The summed E-state index contributed by atoms with van der Waals surface area (Å²) < 4.78 is 46.0. The number of amides is 1. The quantitative estimate of drug-likeness (QED) is 0.845. The molecular weight excluding hydrogens is 325 g/mol. The lowest BCUT2D eigenvalue weighted by Gasteiger charge is -2.15. The van der Waals surface area contributed by atoms with Crippen LogP contribution in [0, 0.1) is 0 Å². The number of halogens is 3. The van der Waals surface area contributed by atoms with Crippen molar-refractivity contribution in [3.63, 3.8) is 0 Å². The van der Waals surface area contributed by atoms with Crippen molar-refractivity contribution < 1.29 is 27.1 Å². The standard InChI is InChI=1S/C16H17F3N2O3/c1-10(21-15(22)12-6-14(7-20)23-8-12)11-2-4-13(5-3-11)24-9-16(17,18)19/h2-6,8,10H,7,9,20H2,1H3,(H,21,22). The van der Waals surface area contributed by atoms with Crippen LogP contribution < -0.4 is 15.8 Å². The Balaban J connectivity index is 1.94. The fraction of sp³-hybridized carbons (Fsp3) is 0.312. The van der Waals surface area contributed by atoms with Crippen molar-refractivity contribution in [2.75, 3.05) is 6.61 Å². The Hall–Kier alpha value is -2.48. The van der Waals surface area contributed by atoms with E-state index in [9.17, 15) is 18.0 Å². The number of benzene rings is 1. The predicted octanol–water partition coefficient (Wildman–Crippen LogP) is 3.17. The Morgan fingerprint density at radius 3 is 2.54 bits per heavy atom. The lowest BCUT2D eigenvalue weighted by Crippen LogP contribution is -2.26. The third-order valence-corrected chi connectivity index (χ3v) is 3.25. The van der Waals surface area contributed by atoms with Gasteiger partial charge in [-0.15, -0.1) is 0 Å². The number of rotatable bonds is 6. The number of ether oxygens (including phenoxy) is 1. The van der Waals surface area contributed by atoms with E-state index in [4.69, 9.17) is 10.2 Å². The van der Waals surface area contributed by atoms with Crippen LogP contribution in [0.2, 0.25) is 0 Å².